The fraction of sp³-hybridized carbons (Fsp3) is 0.533. The lowest BCUT2D eigenvalue weighted by Gasteiger charge is -2.12. The van der Waals surface area contributed by atoms with E-state index < -0.39 is 0 Å². The number of halogens is 2. The minimum absolute atomic E-state index is 0.181. The van der Waals surface area contributed by atoms with Crippen LogP contribution in [0.3, 0.4) is 0 Å². The summed E-state index contributed by atoms with van der Waals surface area (Å²) in [4.78, 5) is 4.45. The van der Waals surface area contributed by atoms with E-state index in [1.807, 2.05) is 31.4 Å². The molecule has 0 radical (unpaired) electrons. The number of aromatic nitrogens is 2. The van der Waals surface area contributed by atoms with Crippen molar-refractivity contribution in [3.05, 3.63) is 29.3 Å². The third-order valence-electron chi connectivity index (χ3n) is 3.18. The van der Waals surface area contributed by atoms with Gasteiger partial charge in [-0.2, -0.15) is 0 Å². The molecule has 2 aromatic rings. The van der Waals surface area contributed by atoms with Gasteiger partial charge in [-0.3, -0.25) is 0 Å². The fourth-order valence-electron chi connectivity index (χ4n) is 2.19. The van der Waals surface area contributed by atoms with Crippen molar-refractivity contribution in [1.82, 2.24) is 9.55 Å². The van der Waals surface area contributed by atoms with Gasteiger partial charge in [0.05, 0.1) is 29.1 Å². The molecular weight excluding hydrogens is 279 g/mol. The van der Waals surface area contributed by atoms with E-state index in [2.05, 4.69) is 4.98 Å². The van der Waals surface area contributed by atoms with Crippen molar-refractivity contribution < 1.29 is 9.13 Å². The molecule has 0 aliphatic carbocycles. The first kappa shape index (κ1) is 15.3. The summed E-state index contributed by atoms with van der Waals surface area (Å²) < 4.78 is 21.2. The molecule has 0 N–H and O–H groups in total. The van der Waals surface area contributed by atoms with Crippen LogP contribution in [-0.4, -0.2) is 22.3 Å². The highest BCUT2D eigenvalue weighted by molar-refractivity contribution is 6.20. The lowest BCUT2D eigenvalue weighted by atomic mass is 10.2. The van der Waals surface area contributed by atoms with Gasteiger partial charge in [-0.25, -0.2) is 9.37 Å². The Hall–Kier alpha value is -1.13. The number of nitrogens with zero attached hydrogens (tertiary/aromatic N) is 2. The van der Waals surface area contributed by atoms with Gasteiger partial charge < -0.3 is 9.30 Å². The number of benzene rings is 1. The van der Waals surface area contributed by atoms with E-state index in [1.165, 1.54) is 6.07 Å². The van der Waals surface area contributed by atoms with Gasteiger partial charge in [-0.1, -0.05) is 0 Å². The van der Waals surface area contributed by atoms with Crippen LogP contribution in [0.5, 0.6) is 0 Å². The smallest absolute Gasteiger partial charge is 0.128 e. The molecular formula is C15H20ClFN2O. The van der Waals surface area contributed by atoms with Gasteiger partial charge >= 0.3 is 0 Å². The molecule has 0 fully saturated rings. The second-order valence-electron chi connectivity index (χ2n) is 5.25. The van der Waals surface area contributed by atoms with Crippen LogP contribution in [0.4, 0.5) is 4.39 Å². The summed E-state index contributed by atoms with van der Waals surface area (Å²) in [5, 5.41) is -0.232. The number of imidazole rings is 1. The molecule has 1 unspecified atom stereocenters. The molecule has 0 saturated heterocycles. The summed E-state index contributed by atoms with van der Waals surface area (Å²) in [7, 11) is 0. The highest BCUT2D eigenvalue weighted by Crippen LogP contribution is 2.26. The lowest BCUT2D eigenvalue weighted by molar-refractivity contribution is 0.0729. The molecule has 3 nitrogen and oxygen atoms in total. The number of fused-ring (bicyclic) bond motifs is 1. The van der Waals surface area contributed by atoms with E-state index in [4.69, 9.17) is 16.3 Å². The molecule has 110 valence electrons. The molecule has 1 heterocycles. The highest BCUT2D eigenvalue weighted by Gasteiger charge is 2.16. The third kappa shape index (κ3) is 3.13. The zero-order chi connectivity index (χ0) is 14.9. The van der Waals surface area contributed by atoms with Crippen LogP contribution in [0.2, 0.25) is 0 Å². The molecule has 0 spiro atoms. The largest absolute Gasteiger partial charge is 0.377 e. The first-order valence-corrected chi connectivity index (χ1v) is 7.25. The van der Waals surface area contributed by atoms with Gasteiger partial charge in [0.15, 0.2) is 0 Å². The van der Waals surface area contributed by atoms with Gasteiger partial charge in [0.25, 0.3) is 0 Å². The molecule has 1 aromatic heterocycles. The number of ether oxygens (including phenoxy) is 1. The van der Waals surface area contributed by atoms with Crippen LogP contribution in [-0.2, 0) is 11.3 Å². The molecule has 0 saturated carbocycles. The number of alkyl halides is 1. The first-order chi connectivity index (χ1) is 9.40. The van der Waals surface area contributed by atoms with E-state index in [0.29, 0.717) is 24.2 Å². The standard InChI is InChI=1S/C15H20ClFN2O/c1-9(2)20-6-5-19-14-7-10(3)12(17)8-13(14)18-15(19)11(4)16/h7-9,11H,5-6H2,1-4H3. The zero-order valence-electron chi connectivity index (χ0n) is 12.3. The van der Waals surface area contributed by atoms with Crippen molar-refractivity contribution in [2.45, 2.75) is 45.7 Å². The van der Waals surface area contributed by atoms with Gasteiger partial charge in [-0.05, 0) is 39.3 Å². The van der Waals surface area contributed by atoms with Crippen molar-refractivity contribution in [3.8, 4) is 0 Å². The summed E-state index contributed by atoms with van der Waals surface area (Å²) in [6, 6.07) is 3.28. The van der Waals surface area contributed by atoms with E-state index in [9.17, 15) is 4.39 Å². The molecule has 20 heavy (non-hydrogen) atoms. The Morgan fingerprint density at radius 3 is 2.65 bits per heavy atom. The Balaban J connectivity index is 2.42. The third-order valence-corrected chi connectivity index (χ3v) is 3.38. The second kappa shape index (κ2) is 6.10. The topological polar surface area (TPSA) is 27.1 Å². The first-order valence-electron chi connectivity index (χ1n) is 6.82. The summed E-state index contributed by atoms with van der Waals surface area (Å²) >= 11 is 6.18. The van der Waals surface area contributed by atoms with Crippen LogP contribution in [0.15, 0.2) is 12.1 Å². The van der Waals surface area contributed by atoms with Crippen molar-refractivity contribution in [1.29, 1.82) is 0 Å². The fourth-order valence-corrected chi connectivity index (χ4v) is 2.35. The molecule has 0 aliphatic rings. The number of hydrogen-bond donors (Lipinski definition) is 0. The summed E-state index contributed by atoms with van der Waals surface area (Å²) in [5.41, 5.74) is 2.15. The highest BCUT2D eigenvalue weighted by atomic mass is 35.5. The van der Waals surface area contributed by atoms with Crippen LogP contribution in [0.1, 0.15) is 37.5 Å². The van der Waals surface area contributed by atoms with Crippen molar-refractivity contribution in [2.75, 3.05) is 6.61 Å². The second-order valence-corrected chi connectivity index (χ2v) is 5.90. The van der Waals surface area contributed by atoms with Gasteiger partial charge in [-0.15, -0.1) is 11.6 Å². The average Bonchev–Trinajstić information content (AvgIpc) is 2.68. The normalized spacial score (nSPS) is 13.3. The lowest BCUT2D eigenvalue weighted by Crippen LogP contribution is -2.13. The van der Waals surface area contributed by atoms with E-state index in [1.54, 1.807) is 6.92 Å². The summed E-state index contributed by atoms with van der Waals surface area (Å²) in [6.07, 6.45) is 0.181. The van der Waals surface area contributed by atoms with Crippen LogP contribution >= 0.6 is 11.6 Å². The molecule has 0 amide bonds. The molecule has 1 atom stereocenters. The predicted molar refractivity (Wildman–Crippen MR) is 79.8 cm³/mol. The van der Waals surface area contributed by atoms with Crippen LogP contribution in [0, 0.1) is 12.7 Å². The Morgan fingerprint density at radius 2 is 2.05 bits per heavy atom. The zero-order valence-corrected chi connectivity index (χ0v) is 13.0. The minimum Gasteiger partial charge on any atom is -0.377 e. The van der Waals surface area contributed by atoms with Crippen molar-refractivity contribution in [2.24, 2.45) is 0 Å². The summed E-state index contributed by atoms with van der Waals surface area (Å²) in [6.45, 7) is 8.85. The Morgan fingerprint density at radius 1 is 1.35 bits per heavy atom. The van der Waals surface area contributed by atoms with Crippen molar-refractivity contribution >= 4 is 22.6 Å². The van der Waals surface area contributed by atoms with E-state index in [0.717, 1.165) is 11.3 Å². The number of hydrogen-bond acceptors (Lipinski definition) is 2. The van der Waals surface area contributed by atoms with Crippen LogP contribution < -0.4 is 0 Å². The summed E-state index contributed by atoms with van der Waals surface area (Å²) in [5.74, 6) is 0.508. The quantitative estimate of drug-likeness (QED) is 0.773. The predicted octanol–water partition coefficient (Wildman–Crippen LogP) is 4.21. The average molecular weight is 299 g/mol. The van der Waals surface area contributed by atoms with Gasteiger partial charge in [0.1, 0.15) is 11.6 Å². The van der Waals surface area contributed by atoms with E-state index >= 15 is 0 Å². The van der Waals surface area contributed by atoms with Gasteiger partial charge in [0, 0.05) is 12.6 Å². The molecule has 5 heteroatoms. The number of rotatable bonds is 5. The van der Waals surface area contributed by atoms with Crippen LogP contribution in [0.25, 0.3) is 11.0 Å². The number of aryl methyl sites for hydroxylation is 1. The Kier molecular flexibility index (Phi) is 4.66. The minimum atomic E-state index is -0.241. The monoisotopic (exact) mass is 298 g/mol. The molecule has 0 aliphatic heterocycles. The Labute approximate surface area is 123 Å². The maximum atomic E-state index is 13.6. The maximum Gasteiger partial charge on any atom is 0.128 e. The molecule has 2 rings (SSSR count). The molecule has 0 bridgehead atoms. The van der Waals surface area contributed by atoms with Gasteiger partial charge in [0.2, 0.25) is 0 Å². The Bertz CT molecular complexity index is 607. The SMILES string of the molecule is Cc1cc2c(cc1F)nc(C(C)Cl)n2CCOC(C)C. The van der Waals surface area contributed by atoms with Crippen molar-refractivity contribution in [3.63, 3.8) is 0 Å². The van der Waals surface area contributed by atoms with E-state index in [-0.39, 0.29) is 17.3 Å². The maximum absolute atomic E-state index is 13.6. The molecule has 1 aromatic carbocycles.